The topological polar surface area (TPSA) is 61.4 Å². The molecule has 0 saturated heterocycles. The van der Waals surface area contributed by atoms with Gasteiger partial charge in [0.1, 0.15) is 0 Å². The minimum atomic E-state index is -0.236. The fraction of sp³-hybridized carbons (Fsp3) is 0.846. The van der Waals surface area contributed by atoms with E-state index in [4.69, 9.17) is 0 Å². The van der Waals surface area contributed by atoms with Crippen LogP contribution < -0.4 is 10.6 Å². The standard InChI is InChI=1S/C13H25N3O2/c1-10(14-9-8-12(17)16(2)3)13(18)15-11-6-4-5-7-11/h10-11,14H,4-9H2,1-3H3,(H,15,18). The Labute approximate surface area is 109 Å². The molecule has 1 rings (SSSR count). The van der Waals surface area contributed by atoms with Crippen molar-refractivity contribution >= 4 is 11.8 Å². The van der Waals surface area contributed by atoms with Gasteiger partial charge in [-0.15, -0.1) is 0 Å². The minimum absolute atomic E-state index is 0.0409. The second-order valence-electron chi connectivity index (χ2n) is 5.20. The van der Waals surface area contributed by atoms with Gasteiger partial charge in [-0.05, 0) is 19.8 Å². The van der Waals surface area contributed by atoms with Gasteiger partial charge in [0.15, 0.2) is 0 Å². The van der Waals surface area contributed by atoms with Crippen molar-refractivity contribution in [1.29, 1.82) is 0 Å². The monoisotopic (exact) mass is 255 g/mol. The van der Waals surface area contributed by atoms with Crippen LogP contribution in [0.1, 0.15) is 39.0 Å². The molecule has 0 bridgehead atoms. The van der Waals surface area contributed by atoms with Gasteiger partial charge in [0.25, 0.3) is 0 Å². The van der Waals surface area contributed by atoms with Crippen LogP contribution in [-0.4, -0.2) is 49.4 Å². The Hall–Kier alpha value is -1.10. The van der Waals surface area contributed by atoms with E-state index >= 15 is 0 Å². The van der Waals surface area contributed by atoms with Crippen molar-refractivity contribution in [1.82, 2.24) is 15.5 Å². The zero-order valence-electron chi connectivity index (χ0n) is 11.7. The molecule has 0 aromatic rings. The molecule has 18 heavy (non-hydrogen) atoms. The molecule has 2 amide bonds. The Bertz CT molecular complexity index is 286. The first kappa shape index (κ1) is 15.0. The van der Waals surface area contributed by atoms with E-state index in [2.05, 4.69) is 10.6 Å². The summed E-state index contributed by atoms with van der Waals surface area (Å²) in [6.07, 6.45) is 5.04. The van der Waals surface area contributed by atoms with Crippen LogP contribution in [0, 0.1) is 0 Å². The zero-order valence-corrected chi connectivity index (χ0v) is 11.7. The van der Waals surface area contributed by atoms with E-state index in [9.17, 15) is 9.59 Å². The highest BCUT2D eigenvalue weighted by Gasteiger charge is 2.20. The van der Waals surface area contributed by atoms with Crippen LogP contribution >= 0.6 is 0 Å². The van der Waals surface area contributed by atoms with Gasteiger partial charge in [0.05, 0.1) is 6.04 Å². The molecule has 0 radical (unpaired) electrons. The highest BCUT2D eigenvalue weighted by Crippen LogP contribution is 2.17. The number of nitrogens with one attached hydrogen (secondary N) is 2. The van der Waals surface area contributed by atoms with Crippen molar-refractivity contribution in [2.45, 2.75) is 51.1 Å². The fourth-order valence-electron chi connectivity index (χ4n) is 2.11. The molecule has 0 heterocycles. The predicted octanol–water partition coefficient (Wildman–Crippen LogP) is 0.502. The summed E-state index contributed by atoms with van der Waals surface area (Å²) in [5.41, 5.74) is 0. The lowest BCUT2D eigenvalue weighted by atomic mass is 10.2. The smallest absolute Gasteiger partial charge is 0.237 e. The Morgan fingerprint density at radius 2 is 1.89 bits per heavy atom. The maximum Gasteiger partial charge on any atom is 0.237 e. The van der Waals surface area contributed by atoms with Crippen LogP contribution in [0.15, 0.2) is 0 Å². The lowest BCUT2D eigenvalue weighted by molar-refractivity contribution is -0.129. The second-order valence-corrected chi connectivity index (χ2v) is 5.20. The first-order chi connectivity index (χ1) is 8.50. The van der Waals surface area contributed by atoms with E-state index in [0.717, 1.165) is 12.8 Å². The Morgan fingerprint density at radius 3 is 2.44 bits per heavy atom. The van der Waals surface area contributed by atoms with Crippen molar-refractivity contribution in [2.24, 2.45) is 0 Å². The van der Waals surface area contributed by atoms with Crippen LogP contribution in [0.5, 0.6) is 0 Å². The molecular formula is C13H25N3O2. The van der Waals surface area contributed by atoms with E-state index in [1.165, 1.54) is 12.8 Å². The largest absolute Gasteiger partial charge is 0.352 e. The molecule has 0 aromatic heterocycles. The third-order valence-corrected chi connectivity index (χ3v) is 3.38. The Kier molecular flexibility index (Phi) is 6.12. The summed E-state index contributed by atoms with van der Waals surface area (Å²) in [7, 11) is 3.47. The SMILES string of the molecule is CC(NCCC(=O)N(C)C)C(=O)NC1CCCC1. The molecule has 5 heteroatoms. The number of rotatable bonds is 6. The van der Waals surface area contributed by atoms with Crippen LogP contribution in [-0.2, 0) is 9.59 Å². The molecule has 1 aliphatic rings. The Balaban J connectivity index is 2.17. The Morgan fingerprint density at radius 1 is 1.28 bits per heavy atom. The van der Waals surface area contributed by atoms with Crippen molar-refractivity contribution < 1.29 is 9.59 Å². The molecule has 5 nitrogen and oxygen atoms in total. The van der Waals surface area contributed by atoms with Crippen molar-refractivity contribution in [3.05, 3.63) is 0 Å². The third-order valence-electron chi connectivity index (χ3n) is 3.38. The summed E-state index contributed by atoms with van der Waals surface area (Å²) >= 11 is 0. The van der Waals surface area contributed by atoms with Gasteiger partial charge in [-0.2, -0.15) is 0 Å². The number of carbonyl (C=O) groups excluding carboxylic acids is 2. The number of nitrogens with zero attached hydrogens (tertiary/aromatic N) is 1. The lowest BCUT2D eigenvalue weighted by Crippen LogP contribution is -2.46. The second kappa shape index (κ2) is 7.36. The van der Waals surface area contributed by atoms with Gasteiger partial charge in [-0.3, -0.25) is 9.59 Å². The predicted molar refractivity (Wildman–Crippen MR) is 71.2 cm³/mol. The number of amides is 2. The van der Waals surface area contributed by atoms with Gasteiger partial charge in [-0.1, -0.05) is 12.8 Å². The first-order valence-electron chi connectivity index (χ1n) is 6.74. The van der Waals surface area contributed by atoms with Gasteiger partial charge in [0.2, 0.25) is 11.8 Å². The van der Waals surface area contributed by atoms with Gasteiger partial charge < -0.3 is 15.5 Å². The molecule has 1 fully saturated rings. The van der Waals surface area contributed by atoms with Crippen molar-refractivity contribution in [2.75, 3.05) is 20.6 Å². The summed E-state index contributed by atoms with van der Waals surface area (Å²) in [6, 6.07) is 0.116. The first-order valence-corrected chi connectivity index (χ1v) is 6.74. The maximum absolute atomic E-state index is 11.8. The lowest BCUT2D eigenvalue weighted by Gasteiger charge is -2.18. The average molecular weight is 255 g/mol. The summed E-state index contributed by atoms with van der Waals surface area (Å²) in [5, 5.41) is 6.13. The van der Waals surface area contributed by atoms with Gasteiger partial charge >= 0.3 is 0 Å². The van der Waals surface area contributed by atoms with Crippen molar-refractivity contribution in [3.8, 4) is 0 Å². The number of carbonyl (C=O) groups is 2. The van der Waals surface area contributed by atoms with E-state index in [-0.39, 0.29) is 17.9 Å². The summed E-state index contributed by atoms with van der Waals surface area (Å²) in [6.45, 7) is 2.38. The van der Waals surface area contributed by atoms with Gasteiger partial charge in [0, 0.05) is 33.1 Å². The molecular weight excluding hydrogens is 230 g/mol. The molecule has 2 N–H and O–H groups in total. The van der Waals surface area contributed by atoms with E-state index in [0.29, 0.717) is 19.0 Å². The van der Waals surface area contributed by atoms with Crippen LogP contribution in [0.2, 0.25) is 0 Å². The van der Waals surface area contributed by atoms with Crippen molar-refractivity contribution in [3.63, 3.8) is 0 Å². The minimum Gasteiger partial charge on any atom is -0.352 e. The molecule has 1 unspecified atom stereocenters. The van der Waals surface area contributed by atoms with Gasteiger partial charge in [-0.25, -0.2) is 0 Å². The molecule has 1 saturated carbocycles. The zero-order chi connectivity index (χ0) is 13.5. The number of hydrogen-bond donors (Lipinski definition) is 2. The van der Waals surface area contributed by atoms with Crippen LogP contribution in [0.3, 0.4) is 0 Å². The summed E-state index contributed by atoms with van der Waals surface area (Å²) in [5.74, 6) is 0.116. The summed E-state index contributed by atoms with van der Waals surface area (Å²) in [4.78, 5) is 24.8. The third kappa shape index (κ3) is 5.04. The molecule has 104 valence electrons. The highest BCUT2D eigenvalue weighted by molar-refractivity contribution is 5.81. The quantitative estimate of drug-likeness (QED) is 0.726. The average Bonchev–Trinajstić information content (AvgIpc) is 2.81. The van der Waals surface area contributed by atoms with E-state index < -0.39 is 0 Å². The normalized spacial score (nSPS) is 17.5. The molecule has 1 atom stereocenters. The molecule has 0 spiro atoms. The maximum atomic E-state index is 11.8. The number of hydrogen-bond acceptors (Lipinski definition) is 3. The fourth-order valence-corrected chi connectivity index (χ4v) is 2.11. The highest BCUT2D eigenvalue weighted by atomic mass is 16.2. The molecule has 1 aliphatic carbocycles. The van der Waals surface area contributed by atoms with Crippen LogP contribution in [0.4, 0.5) is 0 Å². The van der Waals surface area contributed by atoms with Crippen LogP contribution in [0.25, 0.3) is 0 Å². The van der Waals surface area contributed by atoms with E-state index in [1.807, 2.05) is 6.92 Å². The molecule has 0 aromatic carbocycles. The summed E-state index contributed by atoms with van der Waals surface area (Å²) < 4.78 is 0. The van der Waals surface area contributed by atoms with E-state index in [1.54, 1.807) is 19.0 Å². The molecule has 0 aliphatic heterocycles.